The summed E-state index contributed by atoms with van der Waals surface area (Å²) in [5.74, 6) is -1.73. The van der Waals surface area contributed by atoms with Crippen LogP contribution in [0.1, 0.15) is 32.8 Å². The zero-order chi connectivity index (χ0) is 24.4. The van der Waals surface area contributed by atoms with Crippen molar-refractivity contribution in [1.82, 2.24) is 16.1 Å². The highest BCUT2D eigenvalue weighted by Crippen LogP contribution is 2.33. The average molecular weight is 466 g/mol. The molecule has 4 N–H and O–H groups in total. The molecule has 0 aromatic heterocycles. The number of hydrogen-bond acceptors (Lipinski definition) is 7. The van der Waals surface area contributed by atoms with Crippen molar-refractivity contribution < 1.29 is 33.8 Å². The van der Waals surface area contributed by atoms with E-state index in [9.17, 15) is 19.6 Å². The number of ether oxygens (including phenoxy) is 3. The highest BCUT2D eigenvalue weighted by molar-refractivity contribution is 5.87. The fraction of sp³-hybridized carbons (Fsp3) is 0.609. The summed E-state index contributed by atoms with van der Waals surface area (Å²) in [6.45, 7) is 5.82. The second kappa shape index (κ2) is 13.2. The number of methoxy groups -OCH3 is 1. The second-order valence-corrected chi connectivity index (χ2v) is 8.54. The summed E-state index contributed by atoms with van der Waals surface area (Å²) >= 11 is 0. The van der Waals surface area contributed by atoms with Crippen molar-refractivity contribution in [3.05, 3.63) is 35.9 Å². The van der Waals surface area contributed by atoms with E-state index < -0.39 is 42.2 Å². The molecule has 0 radical (unpaired) electrons. The molecule has 0 spiro atoms. The summed E-state index contributed by atoms with van der Waals surface area (Å²) in [5, 5.41) is 14.8. The predicted octanol–water partition coefficient (Wildman–Crippen LogP) is 0.774. The zero-order valence-corrected chi connectivity index (χ0v) is 19.6. The van der Waals surface area contributed by atoms with Crippen molar-refractivity contribution in [3.8, 4) is 0 Å². The number of amides is 3. The van der Waals surface area contributed by atoms with E-state index in [0.29, 0.717) is 19.4 Å². The molecular formula is C23H35N3O7. The lowest BCUT2D eigenvalue weighted by atomic mass is 9.87. The van der Waals surface area contributed by atoms with Crippen LogP contribution in [-0.4, -0.2) is 67.7 Å². The predicted molar refractivity (Wildman–Crippen MR) is 119 cm³/mol. The molecule has 0 bridgehead atoms. The van der Waals surface area contributed by atoms with Gasteiger partial charge in [-0.05, 0) is 17.9 Å². The molecule has 1 aromatic carbocycles. The number of hydrogen-bond donors (Lipinski definition) is 4. The normalized spacial score (nSPS) is 23.2. The summed E-state index contributed by atoms with van der Waals surface area (Å²) in [6.07, 6.45) is -1.10. The summed E-state index contributed by atoms with van der Waals surface area (Å²) in [6, 6.07) is 7.85. The van der Waals surface area contributed by atoms with Gasteiger partial charge in [-0.25, -0.2) is 5.48 Å². The molecule has 10 heteroatoms. The summed E-state index contributed by atoms with van der Waals surface area (Å²) < 4.78 is 16.6. The molecule has 1 aromatic rings. The van der Waals surface area contributed by atoms with E-state index >= 15 is 0 Å². The number of carbonyl (C=O) groups is 3. The Morgan fingerprint density at radius 3 is 2.42 bits per heavy atom. The maximum Gasteiger partial charge on any atom is 0.272 e. The Kier molecular flexibility index (Phi) is 10.7. The SMILES string of the molecule is COCCO[C@H]1O[C@H](C(=O)NO)[C@@H](CC(C)C)[C@@H]1NC(=O)[C@H](Cc1ccccc1)NC(C)=O. The molecule has 0 saturated carbocycles. The van der Waals surface area contributed by atoms with Gasteiger partial charge in [-0.3, -0.25) is 19.6 Å². The molecule has 5 atom stereocenters. The van der Waals surface area contributed by atoms with Crippen LogP contribution >= 0.6 is 0 Å². The third-order valence-corrected chi connectivity index (χ3v) is 5.39. The molecule has 2 rings (SSSR count). The van der Waals surface area contributed by atoms with Gasteiger partial charge in [0.1, 0.15) is 12.1 Å². The molecule has 1 saturated heterocycles. The van der Waals surface area contributed by atoms with Crippen molar-refractivity contribution >= 4 is 17.7 Å². The van der Waals surface area contributed by atoms with Gasteiger partial charge in [-0.15, -0.1) is 0 Å². The summed E-state index contributed by atoms with van der Waals surface area (Å²) in [4.78, 5) is 37.4. The van der Waals surface area contributed by atoms with E-state index in [4.69, 9.17) is 14.2 Å². The van der Waals surface area contributed by atoms with Crippen LogP contribution in [0.3, 0.4) is 0 Å². The van der Waals surface area contributed by atoms with Gasteiger partial charge < -0.3 is 24.8 Å². The van der Waals surface area contributed by atoms with Crippen LogP contribution in [0.25, 0.3) is 0 Å². The number of rotatable bonds is 12. The Hall–Kier alpha value is -2.53. The van der Waals surface area contributed by atoms with E-state index in [0.717, 1.165) is 5.56 Å². The first-order valence-electron chi connectivity index (χ1n) is 11.1. The van der Waals surface area contributed by atoms with Crippen molar-refractivity contribution in [2.24, 2.45) is 11.8 Å². The van der Waals surface area contributed by atoms with E-state index in [1.54, 1.807) is 5.48 Å². The number of benzene rings is 1. The molecule has 0 aliphatic carbocycles. The van der Waals surface area contributed by atoms with Gasteiger partial charge in [0.2, 0.25) is 11.8 Å². The maximum atomic E-state index is 13.3. The summed E-state index contributed by atoms with van der Waals surface area (Å²) in [7, 11) is 1.53. The average Bonchev–Trinajstić information content (AvgIpc) is 3.09. The van der Waals surface area contributed by atoms with Crippen LogP contribution in [0.2, 0.25) is 0 Å². The van der Waals surface area contributed by atoms with Crippen LogP contribution < -0.4 is 16.1 Å². The lowest BCUT2D eigenvalue weighted by Crippen LogP contribution is -2.54. The molecule has 184 valence electrons. The first kappa shape index (κ1) is 26.7. The van der Waals surface area contributed by atoms with Gasteiger partial charge in [0.25, 0.3) is 5.91 Å². The van der Waals surface area contributed by atoms with E-state index in [2.05, 4.69) is 10.6 Å². The fourth-order valence-electron chi connectivity index (χ4n) is 3.99. The third-order valence-electron chi connectivity index (χ3n) is 5.39. The van der Waals surface area contributed by atoms with E-state index in [1.807, 2.05) is 44.2 Å². The second-order valence-electron chi connectivity index (χ2n) is 8.54. The Morgan fingerprint density at radius 2 is 1.85 bits per heavy atom. The first-order chi connectivity index (χ1) is 15.8. The molecule has 1 aliphatic rings. The molecule has 0 unspecified atom stereocenters. The Balaban J connectivity index is 2.26. The van der Waals surface area contributed by atoms with Crippen LogP contribution in [0.15, 0.2) is 30.3 Å². The smallest absolute Gasteiger partial charge is 0.272 e. The Morgan fingerprint density at radius 1 is 1.15 bits per heavy atom. The molecule has 3 amide bonds. The maximum absolute atomic E-state index is 13.3. The lowest BCUT2D eigenvalue weighted by Gasteiger charge is -2.28. The molecule has 1 heterocycles. The van der Waals surface area contributed by atoms with Crippen molar-refractivity contribution in [2.75, 3.05) is 20.3 Å². The first-order valence-corrected chi connectivity index (χ1v) is 11.1. The van der Waals surface area contributed by atoms with Gasteiger partial charge in [0.15, 0.2) is 6.29 Å². The minimum Gasteiger partial charge on any atom is -0.382 e. The highest BCUT2D eigenvalue weighted by Gasteiger charge is 2.49. The highest BCUT2D eigenvalue weighted by atomic mass is 16.7. The van der Waals surface area contributed by atoms with Gasteiger partial charge >= 0.3 is 0 Å². The Bertz CT molecular complexity index is 775. The largest absolute Gasteiger partial charge is 0.382 e. The third kappa shape index (κ3) is 8.08. The van der Waals surface area contributed by atoms with Gasteiger partial charge in [0, 0.05) is 26.4 Å². The van der Waals surface area contributed by atoms with E-state index in [1.165, 1.54) is 14.0 Å². The molecule has 33 heavy (non-hydrogen) atoms. The monoisotopic (exact) mass is 465 g/mol. The van der Waals surface area contributed by atoms with Crippen molar-refractivity contribution in [3.63, 3.8) is 0 Å². The minimum atomic E-state index is -1.01. The minimum absolute atomic E-state index is 0.181. The van der Waals surface area contributed by atoms with Crippen LogP contribution in [0.5, 0.6) is 0 Å². The standard InChI is InChI=1S/C23H35N3O7/c1-14(2)12-17-19(23(32-11-10-31-4)33-20(17)22(29)26-30)25-21(28)18(24-15(3)27)13-16-8-6-5-7-9-16/h5-9,14,17-20,23,30H,10-13H2,1-4H3,(H,24,27)(H,25,28)(H,26,29)/t17-,18-,19-,20-,23-/m0/s1. The molecule has 1 aliphatic heterocycles. The Labute approximate surface area is 194 Å². The van der Waals surface area contributed by atoms with Gasteiger partial charge in [-0.2, -0.15) is 0 Å². The van der Waals surface area contributed by atoms with Crippen molar-refractivity contribution in [1.29, 1.82) is 0 Å². The van der Waals surface area contributed by atoms with Crippen LogP contribution in [0.4, 0.5) is 0 Å². The zero-order valence-electron chi connectivity index (χ0n) is 19.6. The molecular weight excluding hydrogens is 430 g/mol. The van der Waals surface area contributed by atoms with Crippen LogP contribution in [0, 0.1) is 11.8 Å². The van der Waals surface area contributed by atoms with Gasteiger partial charge in [0.05, 0.1) is 19.3 Å². The number of carbonyl (C=O) groups excluding carboxylic acids is 3. The topological polar surface area (TPSA) is 135 Å². The summed E-state index contributed by atoms with van der Waals surface area (Å²) in [5.41, 5.74) is 2.53. The fourth-order valence-corrected chi connectivity index (χ4v) is 3.99. The number of hydroxylamine groups is 1. The van der Waals surface area contributed by atoms with Crippen LogP contribution in [-0.2, 0) is 35.0 Å². The quantitative estimate of drug-likeness (QED) is 0.203. The molecule has 1 fully saturated rings. The van der Waals surface area contributed by atoms with Crippen molar-refractivity contribution in [2.45, 2.75) is 58.1 Å². The van der Waals surface area contributed by atoms with Gasteiger partial charge in [-0.1, -0.05) is 44.2 Å². The molecule has 10 nitrogen and oxygen atoms in total. The lowest BCUT2D eigenvalue weighted by molar-refractivity contribution is -0.168. The number of nitrogens with one attached hydrogen (secondary N) is 3. The van der Waals surface area contributed by atoms with E-state index in [-0.39, 0.29) is 18.4 Å².